The molecule has 3 heterocycles. The van der Waals surface area contributed by atoms with Crippen LogP contribution in [0.5, 0.6) is 0 Å². The van der Waals surface area contributed by atoms with Crippen LogP contribution in [-0.4, -0.2) is 24.7 Å². The number of thiophene rings is 1. The quantitative estimate of drug-likeness (QED) is 0.694. The van der Waals surface area contributed by atoms with Crippen LogP contribution >= 0.6 is 23.1 Å². The Balaban J connectivity index is 1.83. The standard InChI is InChI=1S/C14H15N5S2/c1-3-19-8(2)17-18-14(19)21-13-11-9-5-4-6-10(9)20-12(11)15-7-16-13/h7H,3-6H2,1-2H3. The van der Waals surface area contributed by atoms with E-state index in [9.17, 15) is 0 Å². The molecule has 5 nitrogen and oxygen atoms in total. The van der Waals surface area contributed by atoms with Crippen LogP contribution in [0, 0.1) is 6.92 Å². The number of nitrogens with zero attached hydrogens (tertiary/aromatic N) is 5. The van der Waals surface area contributed by atoms with Crippen molar-refractivity contribution in [1.29, 1.82) is 0 Å². The predicted molar refractivity (Wildman–Crippen MR) is 84.0 cm³/mol. The average Bonchev–Trinajstić information content (AvgIpc) is 3.13. The van der Waals surface area contributed by atoms with Gasteiger partial charge < -0.3 is 4.57 Å². The fraction of sp³-hybridized carbons (Fsp3) is 0.429. The van der Waals surface area contributed by atoms with Gasteiger partial charge in [-0.25, -0.2) is 9.97 Å². The third-order valence-corrected chi connectivity index (χ3v) is 6.06. The lowest BCUT2D eigenvalue weighted by atomic mass is 10.2. The smallest absolute Gasteiger partial charge is 0.197 e. The molecule has 0 fully saturated rings. The van der Waals surface area contributed by atoms with Crippen LogP contribution < -0.4 is 0 Å². The summed E-state index contributed by atoms with van der Waals surface area (Å²) in [6, 6.07) is 0. The maximum atomic E-state index is 4.51. The normalized spacial score (nSPS) is 14.0. The summed E-state index contributed by atoms with van der Waals surface area (Å²) in [5.74, 6) is 0.945. The Morgan fingerprint density at radius 3 is 3.05 bits per heavy atom. The monoisotopic (exact) mass is 317 g/mol. The molecule has 0 N–H and O–H groups in total. The van der Waals surface area contributed by atoms with Crippen molar-refractivity contribution >= 4 is 33.3 Å². The molecule has 4 rings (SSSR count). The van der Waals surface area contributed by atoms with E-state index in [1.54, 1.807) is 18.1 Å². The molecule has 21 heavy (non-hydrogen) atoms. The Labute approximate surface area is 130 Å². The SMILES string of the molecule is CCn1c(C)nnc1Sc1ncnc2sc3c(c12)CCC3. The Kier molecular flexibility index (Phi) is 3.19. The van der Waals surface area contributed by atoms with Crippen LogP contribution in [0.3, 0.4) is 0 Å². The molecule has 0 saturated heterocycles. The second-order valence-electron chi connectivity index (χ2n) is 5.09. The van der Waals surface area contributed by atoms with E-state index in [0.29, 0.717) is 0 Å². The first-order valence-corrected chi connectivity index (χ1v) is 8.74. The number of aromatic nitrogens is 5. The molecule has 0 aliphatic heterocycles. The molecule has 0 amide bonds. The first kappa shape index (κ1) is 13.2. The van der Waals surface area contributed by atoms with Gasteiger partial charge in [0, 0.05) is 16.8 Å². The van der Waals surface area contributed by atoms with Crippen molar-refractivity contribution in [3.63, 3.8) is 0 Å². The van der Waals surface area contributed by atoms with Crippen LogP contribution in [-0.2, 0) is 19.4 Å². The topological polar surface area (TPSA) is 56.5 Å². The maximum Gasteiger partial charge on any atom is 0.197 e. The first-order valence-electron chi connectivity index (χ1n) is 7.10. The van der Waals surface area contributed by atoms with Crippen molar-refractivity contribution in [2.24, 2.45) is 0 Å². The number of hydrogen-bond donors (Lipinski definition) is 0. The van der Waals surface area contributed by atoms with Crippen LogP contribution in [0.25, 0.3) is 10.2 Å². The third kappa shape index (κ3) is 2.06. The van der Waals surface area contributed by atoms with E-state index in [0.717, 1.165) is 33.8 Å². The highest BCUT2D eigenvalue weighted by Gasteiger charge is 2.22. The Bertz CT molecular complexity index is 820. The molecule has 0 unspecified atom stereocenters. The zero-order valence-corrected chi connectivity index (χ0v) is 13.6. The van der Waals surface area contributed by atoms with Gasteiger partial charge in [-0.1, -0.05) is 0 Å². The van der Waals surface area contributed by atoms with E-state index in [2.05, 4.69) is 31.7 Å². The van der Waals surface area contributed by atoms with Crippen molar-refractivity contribution in [2.75, 3.05) is 0 Å². The molecule has 0 spiro atoms. The van der Waals surface area contributed by atoms with Gasteiger partial charge >= 0.3 is 0 Å². The summed E-state index contributed by atoms with van der Waals surface area (Å²) in [7, 11) is 0. The minimum Gasteiger partial charge on any atom is -0.306 e. The number of aryl methyl sites for hydroxylation is 3. The molecule has 0 saturated carbocycles. The molecule has 1 aliphatic rings. The zero-order valence-electron chi connectivity index (χ0n) is 12.0. The lowest BCUT2D eigenvalue weighted by Gasteiger charge is -2.05. The van der Waals surface area contributed by atoms with Crippen LogP contribution in [0.15, 0.2) is 16.5 Å². The number of fused-ring (bicyclic) bond motifs is 3. The molecule has 3 aromatic heterocycles. The van der Waals surface area contributed by atoms with Crippen molar-refractivity contribution in [3.8, 4) is 0 Å². The van der Waals surface area contributed by atoms with Crippen LogP contribution in [0.1, 0.15) is 29.6 Å². The molecule has 108 valence electrons. The van der Waals surface area contributed by atoms with Gasteiger partial charge in [0.05, 0.1) is 0 Å². The van der Waals surface area contributed by atoms with Gasteiger partial charge in [-0.3, -0.25) is 0 Å². The zero-order chi connectivity index (χ0) is 14.4. The van der Waals surface area contributed by atoms with Gasteiger partial charge in [-0.2, -0.15) is 0 Å². The largest absolute Gasteiger partial charge is 0.306 e. The summed E-state index contributed by atoms with van der Waals surface area (Å²) in [6.45, 7) is 4.97. The molecule has 0 bridgehead atoms. The van der Waals surface area contributed by atoms with E-state index >= 15 is 0 Å². The highest BCUT2D eigenvalue weighted by atomic mass is 32.2. The van der Waals surface area contributed by atoms with Gasteiger partial charge in [0.15, 0.2) is 5.16 Å². The third-order valence-electron chi connectivity index (χ3n) is 3.87. The number of rotatable bonds is 3. The summed E-state index contributed by atoms with van der Waals surface area (Å²) in [5, 5.41) is 11.6. The molecule has 3 aromatic rings. The Hall–Kier alpha value is -1.47. The van der Waals surface area contributed by atoms with Gasteiger partial charge in [-0.15, -0.1) is 21.5 Å². The van der Waals surface area contributed by atoms with E-state index in [1.165, 1.54) is 28.7 Å². The van der Waals surface area contributed by atoms with E-state index in [4.69, 9.17) is 0 Å². The molecular weight excluding hydrogens is 302 g/mol. The molecule has 0 atom stereocenters. The van der Waals surface area contributed by atoms with E-state index in [-0.39, 0.29) is 0 Å². The number of hydrogen-bond acceptors (Lipinski definition) is 6. The highest BCUT2D eigenvalue weighted by Crippen LogP contribution is 2.41. The summed E-state index contributed by atoms with van der Waals surface area (Å²) in [5.41, 5.74) is 1.46. The van der Waals surface area contributed by atoms with Gasteiger partial charge in [0.1, 0.15) is 22.0 Å². The summed E-state index contributed by atoms with van der Waals surface area (Å²) in [6.07, 6.45) is 5.25. The van der Waals surface area contributed by atoms with E-state index in [1.807, 2.05) is 18.3 Å². The summed E-state index contributed by atoms with van der Waals surface area (Å²) in [4.78, 5) is 11.6. The maximum absolute atomic E-state index is 4.51. The second kappa shape index (κ2) is 5.06. The molecule has 0 aromatic carbocycles. The minimum atomic E-state index is 0.872. The van der Waals surface area contributed by atoms with Crippen molar-refractivity contribution in [2.45, 2.75) is 49.8 Å². The fourth-order valence-corrected chi connectivity index (χ4v) is 5.21. The Morgan fingerprint density at radius 1 is 1.29 bits per heavy atom. The second-order valence-corrected chi connectivity index (χ2v) is 7.13. The van der Waals surface area contributed by atoms with Crippen LogP contribution in [0.2, 0.25) is 0 Å². The molecule has 7 heteroatoms. The van der Waals surface area contributed by atoms with Crippen LogP contribution in [0.4, 0.5) is 0 Å². The van der Waals surface area contributed by atoms with Crippen molar-refractivity contribution in [1.82, 2.24) is 24.7 Å². The van der Waals surface area contributed by atoms with E-state index < -0.39 is 0 Å². The van der Waals surface area contributed by atoms with Crippen molar-refractivity contribution < 1.29 is 0 Å². The van der Waals surface area contributed by atoms with Gasteiger partial charge in [0.2, 0.25) is 0 Å². The minimum absolute atomic E-state index is 0.872. The molecule has 0 radical (unpaired) electrons. The Morgan fingerprint density at radius 2 is 2.19 bits per heavy atom. The van der Waals surface area contributed by atoms with Gasteiger partial charge in [0.25, 0.3) is 0 Å². The predicted octanol–water partition coefficient (Wildman–Crippen LogP) is 3.25. The summed E-state index contributed by atoms with van der Waals surface area (Å²) >= 11 is 3.42. The molecule has 1 aliphatic carbocycles. The van der Waals surface area contributed by atoms with Crippen molar-refractivity contribution in [3.05, 3.63) is 22.6 Å². The average molecular weight is 317 g/mol. The molecular formula is C14H15N5S2. The highest BCUT2D eigenvalue weighted by molar-refractivity contribution is 7.99. The summed E-state index contributed by atoms with van der Waals surface area (Å²) < 4.78 is 2.12. The van der Waals surface area contributed by atoms with Gasteiger partial charge in [-0.05, 0) is 50.4 Å². The lowest BCUT2D eigenvalue weighted by Crippen LogP contribution is -1.99. The lowest BCUT2D eigenvalue weighted by molar-refractivity contribution is 0.661. The first-order chi connectivity index (χ1) is 10.3. The fourth-order valence-electron chi connectivity index (χ4n) is 2.86.